The molecule has 0 saturated carbocycles. The van der Waals surface area contributed by atoms with Crippen LogP contribution >= 0.6 is 0 Å². The number of aliphatic hydroxyl groups excluding tert-OH is 3. The Morgan fingerprint density at radius 2 is 0.684 bits per heavy atom. The van der Waals surface area contributed by atoms with Crippen molar-refractivity contribution in [2.75, 3.05) is 6.61 Å². The lowest BCUT2D eigenvalue weighted by atomic mass is 10.0. The van der Waals surface area contributed by atoms with Crippen molar-refractivity contribution in [2.45, 2.75) is 308 Å². The minimum Gasteiger partial charge on any atom is -0.394 e. The molecule has 0 rings (SSSR count). The molecule has 5 heteroatoms. The molecule has 0 aliphatic rings. The molecule has 0 saturated heterocycles. The molecule has 0 fully saturated rings. The maximum absolute atomic E-state index is 12.5. The highest BCUT2D eigenvalue weighted by atomic mass is 16.3. The van der Waals surface area contributed by atoms with E-state index >= 15 is 0 Å². The summed E-state index contributed by atoms with van der Waals surface area (Å²) in [6.07, 6.45) is 58.4. The van der Waals surface area contributed by atoms with Crippen molar-refractivity contribution in [1.82, 2.24) is 5.32 Å². The van der Waals surface area contributed by atoms with E-state index in [4.69, 9.17) is 0 Å². The first-order valence-corrected chi connectivity index (χ1v) is 26.0. The Morgan fingerprint density at radius 3 is 0.965 bits per heavy atom. The van der Waals surface area contributed by atoms with Crippen LogP contribution in [0.15, 0.2) is 12.2 Å². The van der Waals surface area contributed by atoms with E-state index in [0.29, 0.717) is 6.42 Å². The number of hydrogen-bond acceptors (Lipinski definition) is 4. The Morgan fingerprint density at radius 1 is 0.421 bits per heavy atom. The first-order chi connectivity index (χ1) is 28.1. The van der Waals surface area contributed by atoms with Gasteiger partial charge in [-0.25, -0.2) is 0 Å². The first-order valence-electron chi connectivity index (χ1n) is 26.0. The number of unbranched alkanes of at least 4 members (excludes halogenated alkanes) is 40. The third kappa shape index (κ3) is 43.0. The average Bonchev–Trinajstić information content (AvgIpc) is 3.22. The second-order valence-electron chi connectivity index (χ2n) is 18.1. The fraction of sp³-hybridized carbons (Fsp3) is 0.942. The van der Waals surface area contributed by atoms with Crippen LogP contribution in [0.25, 0.3) is 0 Å². The lowest BCUT2D eigenvalue weighted by Gasteiger charge is -2.21. The molecule has 3 unspecified atom stereocenters. The third-order valence-corrected chi connectivity index (χ3v) is 12.4. The summed E-state index contributed by atoms with van der Waals surface area (Å²) >= 11 is 0. The average molecular weight is 806 g/mol. The summed E-state index contributed by atoms with van der Waals surface area (Å²) in [7, 11) is 0. The molecule has 0 spiro atoms. The number of rotatable bonds is 48. The topological polar surface area (TPSA) is 89.8 Å². The van der Waals surface area contributed by atoms with Crippen molar-refractivity contribution in [3.05, 3.63) is 12.2 Å². The van der Waals surface area contributed by atoms with E-state index in [9.17, 15) is 20.1 Å². The molecule has 1 amide bonds. The van der Waals surface area contributed by atoms with E-state index in [1.807, 2.05) is 6.08 Å². The van der Waals surface area contributed by atoms with Crippen LogP contribution in [0.3, 0.4) is 0 Å². The number of carbonyl (C=O) groups is 1. The number of hydrogen-bond donors (Lipinski definition) is 4. The van der Waals surface area contributed by atoms with Gasteiger partial charge in [0.25, 0.3) is 0 Å². The lowest BCUT2D eigenvalue weighted by Crippen LogP contribution is -2.48. The Kier molecular flexibility index (Phi) is 47.0. The molecule has 0 heterocycles. The van der Waals surface area contributed by atoms with Gasteiger partial charge in [0.1, 0.15) is 6.10 Å². The van der Waals surface area contributed by atoms with Crippen molar-refractivity contribution in [2.24, 2.45) is 0 Å². The Bertz CT molecular complexity index is 803. The van der Waals surface area contributed by atoms with E-state index in [-0.39, 0.29) is 6.61 Å². The molecule has 57 heavy (non-hydrogen) atoms. The molecule has 0 radical (unpaired) electrons. The third-order valence-electron chi connectivity index (χ3n) is 12.4. The summed E-state index contributed by atoms with van der Waals surface area (Å²) in [5.74, 6) is -0.496. The van der Waals surface area contributed by atoms with Crippen LogP contribution in [-0.2, 0) is 4.79 Å². The van der Waals surface area contributed by atoms with E-state index in [0.717, 1.165) is 32.1 Å². The van der Waals surface area contributed by atoms with Crippen LogP contribution in [0.1, 0.15) is 290 Å². The zero-order valence-electron chi connectivity index (χ0n) is 38.7. The zero-order chi connectivity index (χ0) is 41.5. The van der Waals surface area contributed by atoms with Gasteiger partial charge < -0.3 is 20.6 Å². The molecule has 4 N–H and O–H groups in total. The minimum absolute atomic E-state index is 0.359. The summed E-state index contributed by atoms with van der Waals surface area (Å²) in [6, 6.07) is -0.793. The van der Waals surface area contributed by atoms with Crippen molar-refractivity contribution in [3.8, 4) is 0 Å². The van der Waals surface area contributed by atoms with Crippen LogP contribution in [0.2, 0.25) is 0 Å². The van der Waals surface area contributed by atoms with E-state index in [1.54, 1.807) is 6.08 Å². The predicted molar refractivity (Wildman–Crippen MR) is 250 cm³/mol. The van der Waals surface area contributed by atoms with E-state index < -0.39 is 24.2 Å². The van der Waals surface area contributed by atoms with Crippen LogP contribution in [-0.4, -0.2) is 46.1 Å². The van der Waals surface area contributed by atoms with Crippen molar-refractivity contribution in [1.29, 1.82) is 0 Å². The fourth-order valence-corrected chi connectivity index (χ4v) is 8.31. The maximum Gasteiger partial charge on any atom is 0.249 e. The van der Waals surface area contributed by atoms with Gasteiger partial charge in [0.2, 0.25) is 5.91 Å². The van der Waals surface area contributed by atoms with Gasteiger partial charge in [0, 0.05) is 0 Å². The van der Waals surface area contributed by atoms with Crippen LogP contribution in [0.4, 0.5) is 0 Å². The highest BCUT2D eigenvalue weighted by Crippen LogP contribution is 2.17. The molecular formula is C52H103NO4. The Balaban J connectivity index is 3.57. The number of aliphatic hydroxyl groups is 3. The fourth-order valence-electron chi connectivity index (χ4n) is 8.31. The van der Waals surface area contributed by atoms with Gasteiger partial charge in [0.15, 0.2) is 0 Å². The number of allylic oxidation sites excluding steroid dienone is 1. The van der Waals surface area contributed by atoms with Gasteiger partial charge >= 0.3 is 0 Å². The molecular weight excluding hydrogens is 703 g/mol. The second kappa shape index (κ2) is 47.8. The smallest absolute Gasteiger partial charge is 0.249 e. The first kappa shape index (κ1) is 56.1. The molecule has 0 aliphatic carbocycles. The SMILES string of the molecule is CCCCCCCCCCCCCCCCCCCC/C=C/C(O)C(CO)NC(=O)C(O)CCCCCCCCCCCCCCCCCCCCCCCCC. The molecule has 0 bridgehead atoms. The monoisotopic (exact) mass is 806 g/mol. The van der Waals surface area contributed by atoms with Crippen molar-refractivity contribution in [3.63, 3.8) is 0 Å². The van der Waals surface area contributed by atoms with Gasteiger partial charge in [-0.2, -0.15) is 0 Å². The summed E-state index contributed by atoms with van der Waals surface area (Å²) in [6.45, 7) is 4.22. The summed E-state index contributed by atoms with van der Waals surface area (Å²) in [5.41, 5.74) is 0. The molecule has 0 aromatic heterocycles. The molecule has 0 aliphatic heterocycles. The lowest BCUT2D eigenvalue weighted by molar-refractivity contribution is -0.131. The molecule has 340 valence electrons. The van der Waals surface area contributed by atoms with E-state index in [1.165, 1.54) is 238 Å². The summed E-state index contributed by atoms with van der Waals surface area (Å²) in [4.78, 5) is 12.5. The van der Waals surface area contributed by atoms with Crippen molar-refractivity contribution >= 4 is 5.91 Å². The largest absolute Gasteiger partial charge is 0.394 e. The molecule has 3 atom stereocenters. The van der Waals surface area contributed by atoms with Crippen LogP contribution in [0, 0.1) is 0 Å². The van der Waals surface area contributed by atoms with Gasteiger partial charge in [-0.1, -0.05) is 283 Å². The number of carbonyl (C=O) groups excluding carboxylic acids is 1. The Hall–Kier alpha value is -0.910. The van der Waals surface area contributed by atoms with Crippen molar-refractivity contribution < 1.29 is 20.1 Å². The van der Waals surface area contributed by atoms with Gasteiger partial charge in [-0.15, -0.1) is 0 Å². The van der Waals surface area contributed by atoms with Crippen LogP contribution in [0.5, 0.6) is 0 Å². The Labute approximate surface area is 357 Å². The van der Waals surface area contributed by atoms with E-state index in [2.05, 4.69) is 19.2 Å². The maximum atomic E-state index is 12.5. The van der Waals surface area contributed by atoms with Gasteiger partial charge in [-0.3, -0.25) is 4.79 Å². The number of nitrogens with one attached hydrogen (secondary N) is 1. The summed E-state index contributed by atoms with van der Waals surface area (Å²) in [5, 5.41) is 33.3. The van der Waals surface area contributed by atoms with Gasteiger partial charge in [0.05, 0.1) is 18.8 Å². The standard InChI is InChI=1S/C52H103NO4/c1-3-5-7-9-11-13-15-17-19-21-23-25-26-27-29-31-33-35-37-39-41-43-45-47-51(56)52(57)53-49(48-54)50(55)46-44-42-40-38-36-34-32-30-28-24-22-20-18-16-14-12-10-8-6-4-2/h44,46,49-51,54-56H,3-43,45,47-48H2,1-2H3,(H,53,57)/b46-44+. The predicted octanol–water partition coefficient (Wildman–Crippen LogP) is 15.6. The van der Waals surface area contributed by atoms with Crippen LogP contribution < -0.4 is 5.32 Å². The molecule has 0 aromatic rings. The minimum atomic E-state index is -1.09. The zero-order valence-corrected chi connectivity index (χ0v) is 38.7. The molecule has 5 nitrogen and oxygen atoms in total. The molecule has 0 aromatic carbocycles. The quantitative estimate of drug-likeness (QED) is 0.0364. The second-order valence-corrected chi connectivity index (χ2v) is 18.1. The highest BCUT2D eigenvalue weighted by molar-refractivity contribution is 5.80. The summed E-state index contributed by atoms with van der Waals surface area (Å²) < 4.78 is 0. The number of amides is 1. The highest BCUT2D eigenvalue weighted by Gasteiger charge is 2.22. The normalized spacial score (nSPS) is 13.4. The van der Waals surface area contributed by atoms with Gasteiger partial charge in [-0.05, 0) is 19.3 Å².